The highest BCUT2D eigenvalue weighted by molar-refractivity contribution is 6.35. The molecule has 0 atom stereocenters. The lowest BCUT2D eigenvalue weighted by molar-refractivity contribution is -0.121. The summed E-state index contributed by atoms with van der Waals surface area (Å²) in [6, 6.07) is 12.3. The Labute approximate surface area is 162 Å². The average molecular weight is 389 g/mol. The van der Waals surface area contributed by atoms with Crippen molar-refractivity contribution in [3.05, 3.63) is 57.6 Å². The quantitative estimate of drug-likeness (QED) is 0.770. The molecule has 0 saturated heterocycles. The summed E-state index contributed by atoms with van der Waals surface area (Å²) in [5.74, 6) is 0.414. The lowest BCUT2D eigenvalue weighted by atomic mass is 9.77. The number of anilines is 1. The van der Waals surface area contributed by atoms with Crippen LogP contribution >= 0.6 is 23.2 Å². The fraction of sp³-hybridized carbons (Fsp3) is 0.300. The summed E-state index contributed by atoms with van der Waals surface area (Å²) in [5.41, 5.74) is 0.891. The zero-order chi connectivity index (χ0) is 18.7. The van der Waals surface area contributed by atoms with E-state index in [0.717, 1.165) is 18.4 Å². The van der Waals surface area contributed by atoms with E-state index in [2.05, 4.69) is 11.4 Å². The van der Waals surface area contributed by atoms with Crippen LogP contribution < -0.4 is 10.1 Å². The zero-order valence-electron chi connectivity index (χ0n) is 14.3. The van der Waals surface area contributed by atoms with Crippen molar-refractivity contribution in [2.24, 2.45) is 0 Å². The van der Waals surface area contributed by atoms with E-state index >= 15 is 0 Å². The van der Waals surface area contributed by atoms with Crippen molar-refractivity contribution in [1.82, 2.24) is 0 Å². The molecule has 1 fully saturated rings. The van der Waals surface area contributed by atoms with Crippen LogP contribution in [0, 0.1) is 11.3 Å². The lowest BCUT2D eigenvalue weighted by Crippen LogP contribution is -2.38. The molecule has 6 heteroatoms. The number of carbonyl (C=O) groups excluding carboxylic acids is 1. The molecule has 1 amide bonds. The van der Waals surface area contributed by atoms with Gasteiger partial charge >= 0.3 is 0 Å². The number of benzene rings is 2. The summed E-state index contributed by atoms with van der Waals surface area (Å²) in [6.45, 7) is 0. The molecule has 1 aliphatic carbocycles. The Morgan fingerprint density at radius 2 is 1.92 bits per heavy atom. The molecule has 4 nitrogen and oxygen atoms in total. The van der Waals surface area contributed by atoms with Gasteiger partial charge in [0.15, 0.2) is 0 Å². The summed E-state index contributed by atoms with van der Waals surface area (Å²) in [7, 11) is 1.53. The van der Waals surface area contributed by atoms with Crippen LogP contribution in [0.1, 0.15) is 36.8 Å². The topological polar surface area (TPSA) is 62.1 Å². The summed E-state index contributed by atoms with van der Waals surface area (Å²) in [5, 5.41) is 13.3. The number of nitrogens with zero attached hydrogens (tertiary/aromatic N) is 1. The highest BCUT2D eigenvalue weighted by Gasteiger charge is 2.44. The van der Waals surface area contributed by atoms with E-state index in [-0.39, 0.29) is 5.91 Å². The Kier molecular flexibility index (Phi) is 5.41. The Bertz CT molecular complexity index is 884. The van der Waals surface area contributed by atoms with Crippen LogP contribution in [0.4, 0.5) is 5.69 Å². The van der Waals surface area contributed by atoms with Gasteiger partial charge in [-0.15, -0.1) is 0 Å². The van der Waals surface area contributed by atoms with E-state index < -0.39 is 5.41 Å². The fourth-order valence-corrected chi connectivity index (χ4v) is 4.16. The summed E-state index contributed by atoms with van der Waals surface area (Å²) in [6.07, 6.45) is 3.30. The SMILES string of the molecule is COc1ccc(NC(=O)C2(c3ccc(Cl)cc3Cl)CCCC2)c(C#N)c1. The van der Waals surface area contributed by atoms with Gasteiger partial charge in [0.2, 0.25) is 5.91 Å². The van der Waals surface area contributed by atoms with Gasteiger partial charge in [-0.1, -0.05) is 42.1 Å². The van der Waals surface area contributed by atoms with Crippen molar-refractivity contribution in [2.75, 3.05) is 12.4 Å². The second-order valence-electron chi connectivity index (χ2n) is 6.39. The summed E-state index contributed by atoms with van der Waals surface area (Å²) >= 11 is 12.4. The number of methoxy groups -OCH3 is 1. The molecular weight excluding hydrogens is 371 g/mol. The molecule has 134 valence electrons. The highest BCUT2D eigenvalue weighted by atomic mass is 35.5. The highest BCUT2D eigenvalue weighted by Crippen LogP contribution is 2.45. The first-order chi connectivity index (χ1) is 12.5. The van der Waals surface area contributed by atoms with Crippen molar-refractivity contribution >= 4 is 34.8 Å². The standard InChI is InChI=1S/C20H18Cl2N2O2/c1-26-15-5-7-18(13(10-15)12-23)24-19(25)20(8-2-3-9-20)16-6-4-14(21)11-17(16)22/h4-7,10-11H,2-3,8-9H2,1H3,(H,24,25). The van der Waals surface area contributed by atoms with Crippen molar-refractivity contribution in [1.29, 1.82) is 5.26 Å². The number of carbonyl (C=O) groups is 1. The Hall–Kier alpha value is -2.22. The third-order valence-electron chi connectivity index (χ3n) is 4.93. The molecule has 0 spiro atoms. The first-order valence-electron chi connectivity index (χ1n) is 8.35. The molecule has 3 rings (SSSR count). The maximum atomic E-state index is 13.3. The zero-order valence-corrected chi connectivity index (χ0v) is 15.8. The normalized spacial score (nSPS) is 15.3. The van der Waals surface area contributed by atoms with Gasteiger partial charge in [0.05, 0.1) is 23.8 Å². The first kappa shape index (κ1) is 18.6. The minimum atomic E-state index is -0.714. The monoisotopic (exact) mass is 388 g/mol. The molecule has 26 heavy (non-hydrogen) atoms. The maximum absolute atomic E-state index is 13.3. The average Bonchev–Trinajstić information content (AvgIpc) is 3.12. The van der Waals surface area contributed by atoms with Crippen LogP contribution in [0.3, 0.4) is 0 Å². The second kappa shape index (κ2) is 7.57. The number of nitrogens with one attached hydrogen (secondary N) is 1. The van der Waals surface area contributed by atoms with Gasteiger partial charge in [-0.05, 0) is 48.7 Å². The van der Waals surface area contributed by atoms with Gasteiger partial charge in [-0.25, -0.2) is 0 Å². The molecule has 0 radical (unpaired) electrons. The summed E-state index contributed by atoms with van der Waals surface area (Å²) < 4.78 is 5.14. The van der Waals surface area contributed by atoms with Crippen LogP contribution in [-0.2, 0) is 10.2 Å². The molecule has 2 aromatic rings. The van der Waals surface area contributed by atoms with Gasteiger partial charge in [-0.2, -0.15) is 5.26 Å². The van der Waals surface area contributed by atoms with Gasteiger partial charge in [0.1, 0.15) is 11.8 Å². The van der Waals surface area contributed by atoms with E-state index in [0.29, 0.717) is 39.9 Å². The lowest BCUT2D eigenvalue weighted by Gasteiger charge is -2.29. The van der Waals surface area contributed by atoms with Gasteiger partial charge in [-0.3, -0.25) is 4.79 Å². The number of hydrogen-bond acceptors (Lipinski definition) is 3. The molecule has 1 saturated carbocycles. The van der Waals surface area contributed by atoms with E-state index in [9.17, 15) is 10.1 Å². The molecular formula is C20H18Cl2N2O2. The predicted octanol–water partition coefficient (Wildman–Crippen LogP) is 5.32. The van der Waals surface area contributed by atoms with Crippen LogP contribution in [-0.4, -0.2) is 13.0 Å². The molecule has 0 unspecified atom stereocenters. The Morgan fingerprint density at radius 1 is 1.19 bits per heavy atom. The Balaban J connectivity index is 1.97. The second-order valence-corrected chi connectivity index (χ2v) is 7.23. The molecule has 0 bridgehead atoms. The largest absolute Gasteiger partial charge is 0.497 e. The van der Waals surface area contributed by atoms with Crippen molar-refractivity contribution < 1.29 is 9.53 Å². The molecule has 0 aliphatic heterocycles. The number of nitriles is 1. The van der Waals surface area contributed by atoms with E-state index in [1.165, 1.54) is 7.11 Å². The van der Waals surface area contributed by atoms with Crippen LogP contribution in [0.15, 0.2) is 36.4 Å². The number of rotatable bonds is 4. The first-order valence-corrected chi connectivity index (χ1v) is 9.11. The number of halogens is 2. The predicted molar refractivity (Wildman–Crippen MR) is 103 cm³/mol. The van der Waals surface area contributed by atoms with Crippen LogP contribution in [0.2, 0.25) is 10.0 Å². The minimum absolute atomic E-state index is 0.152. The maximum Gasteiger partial charge on any atom is 0.235 e. The van der Waals surface area contributed by atoms with Gasteiger partial charge < -0.3 is 10.1 Å². The Morgan fingerprint density at radius 3 is 2.54 bits per heavy atom. The molecule has 0 aromatic heterocycles. The van der Waals surface area contributed by atoms with E-state index in [1.807, 2.05) is 6.07 Å². The number of hydrogen-bond donors (Lipinski definition) is 1. The molecule has 0 heterocycles. The fourth-order valence-electron chi connectivity index (χ4n) is 3.57. The van der Waals surface area contributed by atoms with Gasteiger partial charge in [0, 0.05) is 10.0 Å². The number of ether oxygens (including phenoxy) is 1. The summed E-state index contributed by atoms with van der Waals surface area (Å²) in [4.78, 5) is 13.3. The third-order valence-corrected chi connectivity index (χ3v) is 5.48. The van der Waals surface area contributed by atoms with Crippen molar-refractivity contribution in [2.45, 2.75) is 31.1 Å². The molecule has 1 aliphatic rings. The van der Waals surface area contributed by atoms with Crippen molar-refractivity contribution in [3.8, 4) is 11.8 Å². The van der Waals surface area contributed by atoms with Crippen molar-refractivity contribution in [3.63, 3.8) is 0 Å². The molecule has 2 aromatic carbocycles. The van der Waals surface area contributed by atoms with Crippen LogP contribution in [0.5, 0.6) is 5.75 Å². The number of amides is 1. The smallest absolute Gasteiger partial charge is 0.235 e. The van der Waals surface area contributed by atoms with Gasteiger partial charge in [0.25, 0.3) is 0 Å². The van der Waals surface area contributed by atoms with Crippen LogP contribution in [0.25, 0.3) is 0 Å². The van der Waals surface area contributed by atoms with E-state index in [1.54, 1.807) is 30.3 Å². The minimum Gasteiger partial charge on any atom is -0.497 e. The molecule has 1 N–H and O–H groups in total. The third kappa shape index (κ3) is 3.38. The van der Waals surface area contributed by atoms with E-state index in [4.69, 9.17) is 27.9 Å².